The lowest BCUT2D eigenvalue weighted by molar-refractivity contribution is 0.624. The lowest BCUT2D eigenvalue weighted by Crippen LogP contribution is -2.23. The maximum absolute atomic E-state index is 12.6. The highest BCUT2D eigenvalue weighted by molar-refractivity contribution is 7.98. The second kappa shape index (κ2) is 7.09. The summed E-state index contributed by atoms with van der Waals surface area (Å²) in [5, 5.41) is 10.2. The number of hydrogen-bond acceptors (Lipinski definition) is 5. The van der Waals surface area contributed by atoms with Crippen LogP contribution in [-0.4, -0.2) is 24.5 Å². The van der Waals surface area contributed by atoms with Gasteiger partial charge in [-0.2, -0.15) is 4.68 Å². The minimum absolute atomic E-state index is 0.149. The van der Waals surface area contributed by atoms with Gasteiger partial charge in [0.25, 0.3) is 5.56 Å². The van der Waals surface area contributed by atoms with Gasteiger partial charge in [0.05, 0.1) is 22.3 Å². The van der Waals surface area contributed by atoms with E-state index < -0.39 is 0 Å². The van der Waals surface area contributed by atoms with Crippen LogP contribution < -0.4 is 5.56 Å². The monoisotopic (exact) mass is 385 g/mol. The van der Waals surface area contributed by atoms with Gasteiger partial charge >= 0.3 is 0 Å². The summed E-state index contributed by atoms with van der Waals surface area (Å²) >= 11 is 7.55. The first-order valence-electron chi connectivity index (χ1n) is 8.28. The molecular formula is C18H16ClN5OS. The van der Waals surface area contributed by atoms with Crippen molar-refractivity contribution in [3.63, 3.8) is 0 Å². The summed E-state index contributed by atoms with van der Waals surface area (Å²) in [6, 6.07) is 12.9. The van der Waals surface area contributed by atoms with Gasteiger partial charge in [0.15, 0.2) is 5.16 Å². The zero-order valence-corrected chi connectivity index (χ0v) is 15.7. The molecule has 0 unspecified atom stereocenters. The predicted octanol–water partition coefficient (Wildman–Crippen LogP) is 3.95. The maximum atomic E-state index is 12.6. The normalized spacial score (nSPS) is 11.5. The van der Waals surface area contributed by atoms with Gasteiger partial charge in [-0.3, -0.25) is 4.79 Å². The highest BCUT2D eigenvalue weighted by Crippen LogP contribution is 2.27. The van der Waals surface area contributed by atoms with Gasteiger partial charge in [0.2, 0.25) is 0 Å². The van der Waals surface area contributed by atoms with Crippen LogP contribution in [0.15, 0.2) is 52.4 Å². The van der Waals surface area contributed by atoms with E-state index in [9.17, 15) is 4.79 Å². The highest BCUT2D eigenvalue weighted by Gasteiger charge is 2.13. The summed E-state index contributed by atoms with van der Waals surface area (Å²) in [6.07, 6.45) is 0.984. The van der Waals surface area contributed by atoms with Crippen molar-refractivity contribution in [1.82, 2.24) is 24.5 Å². The Morgan fingerprint density at radius 3 is 2.85 bits per heavy atom. The largest absolute Gasteiger partial charge is 0.319 e. The molecule has 0 bridgehead atoms. The van der Waals surface area contributed by atoms with Crippen molar-refractivity contribution in [2.24, 2.45) is 0 Å². The standard InChI is InChI=1S/C18H16ClN5OS/c1-2-9-23-16-8-7-12(19)10-15(16)20-18(23)26-11-24-17(25)13-5-3-4-6-14(13)21-22-24/h3-8,10H,2,9,11H2,1H3. The number of rotatable bonds is 5. The molecule has 26 heavy (non-hydrogen) atoms. The molecule has 0 fully saturated rings. The van der Waals surface area contributed by atoms with Gasteiger partial charge in [-0.05, 0) is 36.8 Å². The average molecular weight is 386 g/mol. The van der Waals surface area contributed by atoms with Gasteiger partial charge in [-0.1, -0.05) is 47.6 Å². The van der Waals surface area contributed by atoms with Gasteiger partial charge < -0.3 is 4.57 Å². The van der Waals surface area contributed by atoms with Gasteiger partial charge in [0, 0.05) is 11.6 Å². The fourth-order valence-electron chi connectivity index (χ4n) is 2.86. The molecule has 8 heteroatoms. The summed E-state index contributed by atoms with van der Waals surface area (Å²) in [5.41, 5.74) is 2.34. The molecule has 2 heterocycles. The molecule has 0 aliphatic carbocycles. The van der Waals surface area contributed by atoms with Crippen molar-refractivity contribution in [2.75, 3.05) is 0 Å². The first-order valence-corrected chi connectivity index (χ1v) is 9.65. The van der Waals surface area contributed by atoms with Crippen LogP contribution in [0.2, 0.25) is 5.02 Å². The van der Waals surface area contributed by atoms with Crippen LogP contribution >= 0.6 is 23.4 Å². The molecule has 2 aromatic carbocycles. The number of hydrogen-bond donors (Lipinski definition) is 0. The minimum atomic E-state index is -0.149. The molecule has 0 N–H and O–H groups in total. The van der Waals surface area contributed by atoms with Crippen LogP contribution in [-0.2, 0) is 12.4 Å². The molecule has 6 nitrogen and oxygen atoms in total. The van der Waals surface area contributed by atoms with Crippen molar-refractivity contribution in [3.05, 3.63) is 57.8 Å². The number of aromatic nitrogens is 5. The molecule has 0 aliphatic rings. The topological polar surface area (TPSA) is 65.6 Å². The summed E-state index contributed by atoms with van der Waals surface area (Å²) in [5.74, 6) is 0.345. The molecule has 0 saturated heterocycles. The zero-order chi connectivity index (χ0) is 18.1. The fraction of sp³-hybridized carbons (Fsp3) is 0.222. The Hall–Kier alpha value is -2.38. The molecule has 4 rings (SSSR count). The third kappa shape index (κ3) is 3.08. The van der Waals surface area contributed by atoms with Gasteiger partial charge in [-0.15, -0.1) is 5.10 Å². The number of imidazole rings is 1. The quantitative estimate of drug-likeness (QED) is 0.486. The van der Waals surface area contributed by atoms with Crippen LogP contribution in [0.3, 0.4) is 0 Å². The van der Waals surface area contributed by atoms with Crippen molar-refractivity contribution in [1.29, 1.82) is 0 Å². The minimum Gasteiger partial charge on any atom is -0.319 e. The van der Waals surface area contributed by atoms with E-state index in [4.69, 9.17) is 11.6 Å². The van der Waals surface area contributed by atoms with Gasteiger partial charge in [-0.25, -0.2) is 4.98 Å². The molecule has 0 spiro atoms. The van der Waals surface area contributed by atoms with E-state index in [1.165, 1.54) is 16.4 Å². The smallest absolute Gasteiger partial charge is 0.278 e. The third-order valence-corrected chi connectivity index (χ3v) is 5.25. The second-order valence-electron chi connectivity index (χ2n) is 5.86. The molecule has 4 aromatic rings. The number of nitrogens with zero attached hydrogens (tertiary/aromatic N) is 5. The molecule has 132 valence electrons. The first kappa shape index (κ1) is 17.1. The van der Waals surface area contributed by atoms with Crippen molar-refractivity contribution >= 4 is 45.3 Å². The Morgan fingerprint density at radius 2 is 2.00 bits per heavy atom. The Labute approximate surface area is 158 Å². The van der Waals surface area contributed by atoms with E-state index in [-0.39, 0.29) is 5.56 Å². The Morgan fingerprint density at radius 1 is 1.15 bits per heavy atom. The van der Waals surface area contributed by atoms with E-state index in [0.29, 0.717) is 21.8 Å². The fourth-order valence-corrected chi connectivity index (χ4v) is 3.94. The first-order chi connectivity index (χ1) is 12.7. The van der Waals surface area contributed by atoms with E-state index in [0.717, 1.165) is 29.2 Å². The molecule has 0 radical (unpaired) electrons. The van der Waals surface area contributed by atoms with Crippen LogP contribution in [0, 0.1) is 0 Å². The van der Waals surface area contributed by atoms with Crippen LogP contribution in [0.4, 0.5) is 0 Å². The molecule has 0 saturated carbocycles. The summed E-state index contributed by atoms with van der Waals surface area (Å²) < 4.78 is 3.52. The number of halogens is 1. The lowest BCUT2D eigenvalue weighted by Gasteiger charge is -2.08. The Balaban J connectivity index is 1.68. The molecule has 0 amide bonds. The third-order valence-electron chi connectivity index (χ3n) is 4.07. The van der Waals surface area contributed by atoms with Crippen LogP contribution in [0.5, 0.6) is 0 Å². The lowest BCUT2D eigenvalue weighted by atomic mass is 10.2. The number of thioether (sulfide) groups is 1. The maximum Gasteiger partial charge on any atom is 0.278 e. The summed E-state index contributed by atoms with van der Waals surface area (Å²) in [6.45, 7) is 2.97. The SMILES string of the molecule is CCCn1c(SCn2nnc3ccccc3c2=O)nc2cc(Cl)ccc21. The molecule has 0 aliphatic heterocycles. The zero-order valence-electron chi connectivity index (χ0n) is 14.1. The number of aryl methyl sites for hydroxylation is 1. The van der Waals surface area contributed by atoms with Crippen molar-refractivity contribution < 1.29 is 0 Å². The molecular weight excluding hydrogens is 370 g/mol. The number of benzene rings is 2. The van der Waals surface area contributed by atoms with E-state index in [1.54, 1.807) is 12.1 Å². The summed E-state index contributed by atoms with van der Waals surface area (Å²) in [7, 11) is 0. The van der Waals surface area contributed by atoms with E-state index >= 15 is 0 Å². The van der Waals surface area contributed by atoms with Gasteiger partial charge in [0.1, 0.15) is 5.52 Å². The highest BCUT2D eigenvalue weighted by atomic mass is 35.5. The Kier molecular flexibility index (Phi) is 4.65. The predicted molar refractivity (Wildman–Crippen MR) is 105 cm³/mol. The second-order valence-corrected chi connectivity index (χ2v) is 7.21. The van der Waals surface area contributed by atoms with Crippen molar-refractivity contribution in [3.8, 4) is 0 Å². The Bertz CT molecular complexity index is 1150. The van der Waals surface area contributed by atoms with E-state index in [1.807, 2.05) is 30.3 Å². The number of fused-ring (bicyclic) bond motifs is 2. The van der Waals surface area contributed by atoms with Crippen molar-refractivity contribution in [2.45, 2.75) is 30.9 Å². The van der Waals surface area contributed by atoms with Crippen LogP contribution in [0.1, 0.15) is 13.3 Å². The summed E-state index contributed by atoms with van der Waals surface area (Å²) in [4.78, 5) is 17.3. The average Bonchev–Trinajstić information content (AvgIpc) is 2.98. The molecule has 2 aromatic heterocycles. The van der Waals surface area contributed by atoms with Crippen LogP contribution in [0.25, 0.3) is 21.9 Å². The van der Waals surface area contributed by atoms with E-state index in [2.05, 4.69) is 26.8 Å². The molecule has 0 atom stereocenters.